The number of rotatable bonds is 4. The van der Waals surface area contributed by atoms with Gasteiger partial charge in [-0.25, -0.2) is 4.68 Å². The molecule has 156 valence electrons. The zero-order valence-corrected chi connectivity index (χ0v) is 17.8. The lowest BCUT2D eigenvalue weighted by molar-refractivity contribution is -0.127. The fourth-order valence-electron chi connectivity index (χ4n) is 3.35. The summed E-state index contributed by atoms with van der Waals surface area (Å²) < 4.78 is 6.66. The summed E-state index contributed by atoms with van der Waals surface area (Å²) in [5, 5.41) is 8.76. The summed E-state index contributed by atoms with van der Waals surface area (Å²) in [5.74, 6) is 6.75. The van der Waals surface area contributed by atoms with Crippen LogP contribution in [-0.2, 0) is 4.79 Å². The number of nitrogens with zero attached hydrogens (tertiary/aromatic N) is 4. The molecule has 0 saturated carbocycles. The molecule has 0 unspecified atom stereocenters. The molecule has 1 fully saturated rings. The van der Waals surface area contributed by atoms with Crippen molar-refractivity contribution in [2.75, 3.05) is 12.4 Å². The third-order valence-electron chi connectivity index (χ3n) is 4.99. The van der Waals surface area contributed by atoms with Gasteiger partial charge in [0.25, 0.3) is 5.91 Å². The molecule has 30 heavy (non-hydrogen) atoms. The fourth-order valence-corrected chi connectivity index (χ4v) is 4.53. The van der Waals surface area contributed by atoms with Gasteiger partial charge < -0.3 is 10.3 Å². The second kappa shape index (κ2) is 8.53. The molecule has 2 N–H and O–H groups in total. The SMILES string of the molecule is Cc1occc1-c1nnc(S[C@H]2CCCCN(C(=O)c3ccc(Cl)cc3)C2=O)n1N. The highest BCUT2D eigenvalue weighted by Crippen LogP contribution is 2.31. The normalized spacial score (nSPS) is 17.2. The molecule has 4 rings (SSSR count). The minimum atomic E-state index is -0.478. The van der Waals surface area contributed by atoms with Crippen molar-refractivity contribution in [2.24, 2.45) is 0 Å². The van der Waals surface area contributed by atoms with E-state index < -0.39 is 5.25 Å². The summed E-state index contributed by atoms with van der Waals surface area (Å²) in [6.07, 6.45) is 3.75. The molecule has 0 aliphatic carbocycles. The average Bonchev–Trinajstić information content (AvgIpc) is 3.26. The van der Waals surface area contributed by atoms with E-state index in [4.69, 9.17) is 21.9 Å². The number of aryl methyl sites for hydroxylation is 1. The smallest absolute Gasteiger partial charge is 0.260 e. The first-order valence-corrected chi connectivity index (χ1v) is 10.7. The van der Waals surface area contributed by atoms with Crippen LogP contribution in [0.5, 0.6) is 0 Å². The highest BCUT2D eigenvalue weighted by Gasteiger charge is 2.33. The number of hydrogen-bond acceptors (Lipinski definition) is 7. The fraction of sp³-hybridized carbons (Fsp3) is 0.300. The van der Waals surface area contributed by atoms with Crippen molar-refractivity contribution >= 4 is 35.2 Å². The minimum Gasteiger partial charge on any atom is -0.469 e. The highest BCUT2D eigenvalue weighted by molar-refractivity contribution is 8.00. The van der Waals surface area contributed by atoms with Crippen molar-refractivity contribution in [1.82, 2.24) is 19.8 Å². The average molecular weight is 446 g/mol. The predicted molar refractivity (Wildman–Crippen MR) is 114 cm³/mol. The van der Waals surface area contributed by atoms with Crippen molar-refractivity contribution in [3.63, 3.8) is 0 Å². The maximum atomic E-state index is 13.2. The first-order chi connectivity index (χ1) is 14.5. The Balaban J connectivity index is 1.55. The van der Waals surface area contributed by atoms with Gasteiger partial charge in [-0.05, 0) is 50.1 Å². The van der Waals surface area contributed by atoms with Crippen LogP contribution in [0.3, 0.4) is 0 Å². The van der Waals surface area contributed by atoms with Crippen molar-refractivity contribution in [3.05, 3.63) is 52.9 Å². The molecule has 2 aromatic heterocycles. The lowest BCUT2D eigenvalue weighted by atomic mass is 10.2. The van der Waals surface area contributed by atoms with E-state index in [1.165, 1.54) is 21.3 Å². The van der Waals surface area contributed by atoms with E-state index in [9.17, 15) is 9.59 Å². The summed E-state index contributed by atoms with van der Waals surface area (Å²) in [4.78, 5) is 27.4. The van der Waals surface area contributed by atoms with Gasteiger partial charge in [0.05, 0.1) is 17.1 Å². The summed E-state index contributed by atoms with van der Waals surface area (Å²) in [6.45, 7) is 2.19. The lowest BCUT2D eigenvalue weighted by Gasteiger charge is -2.22. The molecule has 1 saturated heterocycles. The van der Waals surface area contributed by atoms with Crippen LogP contribution in [0.4, 0.5) is 0 Å². The van der Waals surface area contributed by atoms with Crippen molar-refractivity contribution in [3.8, 4) is 11.4 Å². The van der Waals surface area contributed by atoms with E-state index in [-0.39, 0.29) is 11.8 Å². The Morgan fingerprint density at radius 3 is 2.70 bits per heavy atom. The number of aromatic nitrogens is 3. The molecule has 1 atom stereocenters. The van der Waals surface area contributed by atoms with Gasteiger partial charge in [-0.3, -0.25) is 14.5 Å². The first kappa shape index (κ1) is 20.5. The number of halogens is 1. The molecule has 3 aromatic rings. The summed E-state index contributed by atoms with van der Waals surface area (Å²) in [7, 11) is 0. The number of nitrogen functional groups attached to an aromatic ring is 1. The third-order valence-corrected chi connectivity index (χ3v) is 6.45. The first-order valence-electron chi connectivity index (χ1n) is 9.48. The Hall–Kier alpha value is -2.78. The predicted octanol–water partition coefficient (Wildman–Crippen LogP) is 3.53. The van der Waals surface area contributed by atoms with Gasteiger partial charge in [0, 0.05) is 17.1 Å². The maximum Gasteiger partial charge on any atom is 0.260 e. The van der Waals surface area contributed by atoms with Crippen LogP contribution in [0.15, 0.2) is 46.2 Å². The molecule has 1 aliphatic heterocycles. The Bertz CT molecular complexity index is 1080. The zero-order chi connectivity index (χ0) is 21.3. The number of carbonyl (C=O) groups excluding carboxylic acids is 2. The van der Waals surface area contributed by atoms with E-state index in [2.05, 4.69) is 10.2 Å². The molecule has 0 radical (unpaired) electrons. The molecule has 0 bridgehead atoms. The van der Waals surface area contributed by atoms with Crippen LogP contribution in [0, 0.1) is 6.92 Å². The van der Waals surface area contributed by atoms with Crippen LogP contribution in [0.2, 0.25) is 5.02 Å². The molecule has 1 aliphatic rings. The molecule has 10 heteroatoms. The van der Waals surface area contributed by atoms with Crippen molar-refractivity contribution in [1.29, 1.82) is 0 Å². The number of nitrogens with two attached hydrogens (primary N) is 1. The van der Waals surface area contributed by atoms with Crippen molar-refractivity contribution < 1.29 is 14.0 Å². The number of amides is 2. The van der Waals surface area contributed by atoms with Gasteiger partial charge in [-0.1, -0.05) is 29.8 Å². The summed E-state index contributed by atoms with van der Waals surface area (Å²) in [5.41, 5.74) is 1.17. The lowest BCUT2D eigenvalue weighted by Crippen LogP contribution is -2.41. The second-order valence-corrected chi connectivity index (χ2v) is 8.58. The van der Waals surface area contributed by atoms with E-state index in [1.54, 1.807) is 36.6 Å². The van der Waals surface area contributed by atoms with E-state index in [0.29, 0.717) is 40.3 Å². The Morgan fingerprint density at radius 2 is 2.00 bits per heavy atom. The largest absolute Gasteiger partial charge is 0.469 e. The molecule has 2 amide bonds. The Labute approximate surface area is 182 Å². The number of furan rings is 1. The minimum absolute atomic E-state index is 0.249. The van der Waals surface area contributed by atoms with Crippen LogP contribution in [-0.4, -0.2) is 43.4 Å². The number of hydrogen-bond donors (Lipinski definition) is 1. The number of benzene rings is 1. The molecule has 1 aromatic carbocycles. The van der Waals surface area contributed by atoms with Gasteiger partial charge in [-0.2, -0.15) is 0 Å². The second-order valence-electron chi connectivity index (χ2n) is 6.97. The van der Waals surface area contributed by atoms with E-state index >= 15 is 0 Å². The molecule has 8 nitrogen and oxygen atoms in total. The Kier molecular flexibility index (Phi) is 5.83. The number of thioether (sulfide) groups is 1. The molecule has 0 spiro atoms. The summed E-state index contributed by atoms with van der Waals surface area (Å²) in [6, 6.07) is 8.29. The van der Waals surface area contributed by atoms with Crippen LogP contribution in [0.1, 0.15) is 35.4 Å². The van der Waals surface area contributed by atoms with E-state index in [0.717, 1.165) is 18.4 Å². The number of carbonyl (C=O) groups is 2. The van der Waals surface area contributed by atoms with Gasteiger partial charge in [0.1, 0.15) is 5.76 Å². The van der Waals surface area contributed by atoms with Gasteiger partial charge in [0.2, 0.25) is 11.1 Å². The quantitative estimate of drug-likeness (QED) is 0.483. The van der Waals surface area contributed by atoms with Crippen molar-refractivity contribution in [2.45, 2.75) is 36.6 Å². The summed E-state index contributed by atoms with van der Waals surface area (Å²) >= 11 is 7.13. The zero-order valence-electron chi connectivity index (χ0n) is 16.2. The van der Waals surface area contributed by atoms with Gasteiger partial charge >= 0.3 is 0 Å². The van der Waals surface area contributed by atoms with Crippen LogP contribution < -0.4 is 5.84 Å². The third kappa shape index (κ3) is 3.95. The van der Waals surface area contributed by atoms with Crippen LogP contribution >= 0.6 is 23.4 Å². The molecule has 3 heterocycles. The van der Waals surface area contributed by atoms with Gasteiger partial charge in [0.15, 0.2) is 5.82 Å². The molecular formula is C20H20ClN5O3S. The number of likely N-dealkylation sites (tertiary alicyclic amines) is 1. The van der Waals surface area contributed by atoms with Crippen LogP contribution in [0.25, 0.3) is 11.4 Å². The maximum absolute atomic E-state index is 13.2. The standard InChI is InChI=1S/C20H20ClN5O3S/c1-12-15(9-11-29-12)17-23-24-20(26(17)22)30-16-4-2-3-10-25(19(16)28)18(27)13-5-7-14(21)8-6-13/h5-9,11,16H,2-4,10,22H2,1H3/t16-/m0/s1. The molecular weight excluding hydrogens is 426 g/mol. The number of imide groups is 1. The monoisotopic (exact) mass is 445 g/mol. The van der Waals surface area contributed by atoms with E-state index in [1.807, 2.05) is 6.92 Å². The van der Waals surface area contributed by atoms with Gasteiger partial charge in [-0.15, -0.1) is 10.2 Å². The Morgan fingerprint density at radius 1 is 1.23 bits per heavy atom. The topological polar surface area (TPSA) is 107 Å². The highest BCUT2D eigenvalue weighted by atomic mass is 35.5.